The lowest BCUT2D eigenvalue weighted by Crippen LogP contribution is -2.41. The zero-order valence-electron chi connectivity index (χ0n) is 9.33. The van der Waals surface area contributed by atoms with E-state index in [0.717, 1.165) is 44.2 Å². The van der Waals surface area contributed by atoms with Gasteiger partial charge in [-0.15, -0.1) is 0 Å². The van der Waals surface area contributed by atoms with E-state index in [1.807, 2.05) is 0 Å². The van der Waals surface area contributed by atoms with E-state index in [4.69, 9.17) is 0 Å². The van der Waals surface area contributed by atoms with Crippen molar-refractivity contribution < 1.29 is 4.79 Å². The van der Waals surface area contributed by atoms with Crippen molar-refractivity contribution in [2.24, 2.45) is 11.8 Å². The van der Waals surface area contributed by atoms with Crippen molar-refractivity contribution in [3.8, 4) is 0 Å². The summed E-state index contributed by atoms with van der Waals surface area (Å²) >= 11 is 0. The van der Waals surface area contributed by atoms with Crippen LogP contribution < -0.4 is 0 Å². The third kappa shape index (κ3) is 1.85. The van der Waals surface area contributed by atoms with Crippen molar-refractivity contribution in [2.75, 3.05) is 13.1 Å². The van der Waals surface area contributed by atoms with E-state index in [9.17, 15) is 4.79 Å². The molecule has 0 N–H and O–H groups in total. The van der Waals surface area contributed by atoms with E-state index in [-0.39, 0.29) is 6.04 Å². The summed E-state index contributed by atoms with van der Waals surface area (Å²) in [6, 6.07) is 0.274. The molecule has 2 rings (SSSR count). The molecular formula is C12H21NO. The highest BCUT2D eigenvalue weighted by atomic mass is 16.1. The van der Waals surface area contributed by atoms with Crippen molar-refractivity contribution in [1.29, 1.82) is 0 Å². The van der Waals surface area contributed by atoms with Gasteiger partial charge in [-0.05, 0) is 24.7 Å². The van der Waals surface area contributed by atoms with E-state index >= 15 is 0 Å². The topological polar surface area (TPSA) is 20.3 Å². The number of carbonyl (C=O) groups excluding carboxylic acids is 1. The van der Waals surface area contributed by atoms with Crippen LogP contribution in [0.3, 0.4) is 0 Å². The second kappa shape index (κ2) is 4.01. The molecule has 0 aromatic carbocycles. The van der Waals surface area contributed by atoms with Crippen molar-refractivity contribution >= 4 is 5.78 Å². The van der Waals surface area contributed by atoms with Gasteiger partial charge in [0, 0.05) is 19.5 Å². The van der Waals surface area contributed by atoms with Gasteiger partial charge in [0.15, 0.2) is 0 Å². The largest absolute Gasteiger partial charge is 0.298 e. The molecule has 1 aliphatic carbocycles. The average Bonchev–Trinajstić information content (AvgIpc) is 2.48. The maximum Gasteiger partial charge on any atom is 0.149 e. The smallest absolute Gasteiger partial charge is 0.149 e. The van der Waals surface area contributed by atoms with E-state index in [1.165, 1.54) is 6.42 Å². The van der Waals surface area contributed by atoms with Crippen LogP contribution in [0.1, 0.15) is 39.5 Å². The Morgan fingerprint density at radius 2 is 1.79 bits per heavy atom. The zero-order valence-corrected chi connectivity index (χ0v) is 9.33. The summed E-state index contributed by atoms with van der Waals surface area (Å²) in [5.41, 5.74) is 0. The Bertz CT molecular complexity index is 216. The molecule has 2 nitrogen and oxygen atoms in total. The summed E-state index contributed by atoms with van der Waals surface area (Å²) in [6.07, 6.45) is 4.30. The third-order valence-corrected chi connectivity index (χ3v) is 3.98. The van der Waals surface area contributed by atoms with Crippen LogP contribution in [0.4, 0.5) is 0 Å². The second-order valence-corrected chi connectivity index (χ2v) is 5.14. The van der Waals surface area contributed by atoms with Gasteiger partial charge < -0.3 is 0 Å². The molecular weight excluding hydrogens is 174 g/mol. The summed E-state index contributed by atoms with van der Waals surface area (Å²) in [4.78, 5) is 14.2. The number of hydrogen-bond acceptors (Lipinski definition) is 2. The lowest BCUT2D eigenvalue weighted by atomic mass is 9.93. The first-order valence-electron chi connectivity index (χ1n) is 5.95. The molecule has 14 heavy (non-hydrogen) atoms. The predicted octanol–water partition coefficient (Wildman–Crippen LogP) is 2.09. The second-order valence-electron chi connectivity index (χ2n) is 5.14. The average molecular weight is 195 g/mol. The van der Waals surface area contributed by atoms with Gasteiger partial charge in [0.2, 0.25) is 0 Å². The number of Topliss-reactive ketones (excluding diaryl/α,β-unsaturated/α-hetero) is 1. The maximum absolute atomic E-state index is 11.8. The Labute approximate surface area is 86.7 Å². The Hall–Kier alpha value is -0.370. The third-order valence-electron chi connectivity index (χ3n) is 3.98. The molecule has 0 aromatic heterocycles. The van der Waals surface area contributed by atoms with E-state index in [0.29, 0.717) is 5.78 Å². The Kier molecular flexibility index (Phi) is 2.91. The summed E-state index contributed by atoms with van der Waals surface area (Å²) < 4.78 is 0. The Balaban J connectivity index is 1.97. The number of carbonyl (C=O) groups is 1. The highest BCUT2D eigenvalue weighted by Crippen LogP contribution is 2.28. The van der Waals surface area contributed by atoms with Crippen LogP contribution in [0, 0.1) is 11.8 Å². The fourth-order valence-electron chi connectivity index (χ4n) is 2.78. The van der Waals surface area contributed by atoms with Gasteiger partial charge in [-0.3, -0.25) is 9.69 Å². The molecule has 2 aliphatic rings. The van der Waals surface area contributed by atoms with Gasteiger partial charge in [0.1, 0.15) is 5.78 Å². The van der Waals surface area contributed by atoms with E-state index in [1.54, 1.807) is 0 Å². The van der Waals surface area contributed by atoms with Crippen molar-refractivity contribution in [3.63, 3.8) is 0 Å². The van der Waals surface area contributed by atoms with E-state index < -0.39 is 0 Å². The quantitative estimate of drug-likeness (QED) is 0.638. The molecule has 2 heteroatoms. The summed E-state index contributed by atoms with van der Waals surface area (Å²) in [6.45, 7) is 6.88. The molecule has 0 amide bonds. The van der Waals surface area contributed by atoms with Crippen LogP contribution in [-0.4, -0.2) is 29.8 Å². The highest BCUT2D eigenvalue weighted by Gasteiger charge is 2.35. The molecule has 1 aliphatic heterocycles. The first-order valence-corrected chi connectivity index (χ1v) is 5.95. The number of likely N-dealkylation sites (tertiary alicyclic amines) is 1. The summed E-state index contributed by atoms with van der Waals surface area (Å²) in [5, 5.41) is 0. The normalized spacial score (nSPS) is 40.4. The summed E-state index contributed by atoms with van der Waals surface area (Å²) in [7, 11) is 0. The molecule has 3 atom stereocenters. The minimum absolute atomic E-state index is 0.274. The number of nitrogens with zero attached hydrogens (tertiary/aromatic N) is 1. The van der Waals surface area contributed by atoms with Gasteiger partial charge in [0.05, 0.1) is 6.04 Å². The highest BCUT2D eigenvalue weighted by molar-refractivity contribution is 5.84. The van der Waals surface area contributed by atoms with Crippen molar-refractivity contribution in [1.82, 2.24) is 4.90 Å². The molecule has 1 heterocycles. The zero-order chi connectivity index (χ0) is 10.1. The number of ketones is 1. The summed E-state index contributed by atoms with van der Waals surface area (Å²) in [5.74, 6) is 2.03. The van der Waals surface area contributed by atoms with Gasteiger partial charge in [-0.25, -0.2) is 0 Å². The molecule has 0 bridgehead atoms. The van der Waals surface area contributed by atoms with Crippen molar-refractivity contribution in [2.45, 2.75) is 45.6 Å². The van der Waals surface area contributed by atoms with E-state index in [2.05, 4.69) is 18.7 Å². The molecule has 80 valence electrons. The fourth-order valence-corrected chi connectivity index (χ4v) is 2.78. The molecule has 3 unspecified atom stereocenters. The van der Waals surface area contributed by atoms with Crippen LogP contribution >= 0.6 is 0 Å². The minimum Gasteiger partial charge on any atom is -0.298 e. The first-order chi connectivity index (χ1) is 6.68. The Morgan fingerprint density at radius 1 is 1.14 bits per heavy atom. The lowest BCUT2D eigenvalue weighted by molar-refractivity contribution is -0.125. The standard InChI is InChI=1S/C12H21NO/c1-9-7-13(8-10(9)2)11-5-3-4-6-12(11)14/h9-11H,3-8H2,1-2H3. The molecule has 0 radical (unpaired) electrons. The molecule has 1 saturated carbocycles. The van der Waals surface area contributed by atoms with Crippen LogP contribution in [0.2, 0.25) is 0 Å². The maximum atomic E-state index is 11.8. The first kappa shape index (κ1) is 10.2. The van der Waals surface area contributed by atoms with Crippen LogP contribution in [0.25, 0.3) is 0 Å². The molecule has 0 spiro atoms. The number of hydrogen-bond donors (Lipinski definition) is 0. The SMILES string of the molecule is CC1CN(C2CCCCC2=O)CC1C. The molecule has 2 fully saturated rings. The fraction of sp³-hybridized carbons (Fsp3) is 0.917. The van der Waals surface area contributed by atoms with Gasteiger partial charge in [-0.2, -0.15) is 0 Å². The number of rotatable bonds is 1. The van der Waals surface area contributed by atoms with Crippen LogP contribution in [0.15, 0.2) is 0 Å². The minimum atomic E-state index is 0.274. The van der Waals surface area contributed by atoms with Crippen LogP contribution in [-0.2, 0) is 4.79 Å². The molecule has 0 aromatic rings. The van der Waals surface area contributed by atoms with Crippen LogP contribution in [0.5, 0.6) is 0 Å². The van der Waals surface area contributed by atoms with Gasteiger partial charge >= 0.3 is 0 Å². The van der Waals surface area contributed by atoms with Crippen molar-refractivity contribution in [3.05, 3.63) is 0 Å². The predicted molar refractivity (Wildman–Crippen MR) is 57.2 cm³/mol. The Morgan fingerprint density at radius 3 is 2.36 bits per heavy atom. The molecule has 1 saturated heterocycles. The van der Waals surface area contributed by atoms with Gasteiger partial charge in [-0.1, -0.05) is 20.3 Å². The van der Waals surface area contributed by atoms with Gasteiger partial charge in [0.25, 0.3) is 0 Å². The lowest BCUT2D eigenvalue weighted by Gasteiger charge is -2.29. The monoisotopic (exact) mass is 195 g/mol.